The molecule has 9 heteroatoms. The van der Waals surface area contributed by atoms with Gasteiger partial charge in [0.1, 0.15) is 23.7 Å². The normalized spacial score (nSPS) is 15.2. The quantitative estimate of drug-likeness (QED) is 0.388. The maximum Gasteiger partial charge on any atom is 0.342 e. The fourth-order valence-corrected chi connectivity index (χ4v) is 3.61. The minimum Gasteiger partial charge on any atom is -0.507 e. The lowest BCUT2D eigenvalue weighted by Gasteiger charge is -2.16. The van der Waals surface area contributed by atoms with Crippen LogP contribution in [0, 0.1) is 18.3 Å². The molecule has 0 aromatic heterocycles. The third kappa shape index (κ3) is 3.75. The first kappa shape index (κ1) is 20.0. The maximum atomic E-state index is 11.9. The van der Waals surface area contributed by atoms with Gasteiger partial charge in [-0.05, 0) is 32.3 Å². The molecule has 0 radical (unpaired) electrons. The van der Waals surface area contributed by atoms with Gasteiger partial charge in [0, 0.05) is 11.1 Å². The average Bonchev–Trinajstić information content (AvgIpc) is 2.95. The molecule has 26 heavy (non-hydrogen) atoms. The van der Waals surface area contributed by atoms with Crippen LogP contribution in [0.5, 0.6) is 11.5 Å². The first-order valence-electron chi connectivity index (χ1n) is 7.80. The molecule has 2 rings (SSSR count). The van der Waals surface area contributed by atoms with E-state index in [1.165, 1.54) is 7.11 Å². The van der Waals surface area contributed by atoms with Crippen molar-refractivity contribution in [3.63, 3.8) is 0 Å². The number of allylic oxidation sites excluding steroid dienone is 2. The van der Waals surface area contributed by atoms with Crippen LogP contribution in [0.1, 0.15) is 40.4 Å². The molecule has 0 aliphatic carbocycles. The number of rotatable bonds is 6. The van der Waals surface area contributed by atoms with E-state index in [-0.39, 0.29) is 30.8 Å². The number of methoxy groups -OCH3 is 1. The van der Waals surface area contributed by atoms with E-state index < -0.39 is 19.2 Å². The predicted molar refractivity (Wildman–Crippen MR) is 92.0 cm³/mol. The van der Waals surface area contributed by atoms with E-state index in [4.69, 9.17) is 24.5 Å². The summed E-state index contributed by atoms with van der Waals surface area (Å²) in [5, 5.41) is 19.4. The van der Waals surface area contributed by atoms with Crippen LogP contribution in [0.15, 0.2) is 11.6 Å². The van der Waals surface area contributed by atoms with E-state index in [1.54, 1.807) is 26.0 Å². The molecule has 8 nitrogen and oxygen atoms in total. The second kappa shape index (κ2) is 7.50. The summed E-state index contributed by atoms with van der Waals surface area (Å²) in [6, 6.07) is 1.61. The Labute approximate surface area is 150 Å². The summed E-state index contributed by atoms with van der Waals surface area (Å²) in [5.74, 6) is -0.396. The SMILES string of the molecule is COc1c(C)c2c(c(O)c1CC=C(C)CC(C#N)P(=O)(O)O)C(=O)OC2. The maximum absolute atomic E-state index is 11.9. The monoisotopic (exact) mass is 381 g/mol. The third-order valence-corrected chi connectivity index (χ3v) is 5.48. The number of hydrogen-bond acceptors (Lipinski definition) is 6. The Morgan fingerprint density at radius 3 is 2.69 bits per heavy atom. The number of ether oxygens (including phenoxy) is 2. The van der Waals surface area contributed by atoms with Crippen molar-refractivity contribution < 1.29 is 33.7 Å². The molecule has 0 amide bonds. The molecule has 1 atom stereocenters. The molecular formula is C17H20NO7P. The molecule has 0 saturated heterocycles. The summed E-state index contributed by atoms with van der Waals surface area (Å²) in [6.07, 6.45) is 1.71. The number of phenols is 1. The molecule has 0 spiro atoms. The number of benzene rings is 1. The number of hydrogen-bond donors (Lipinski definition) is 3. The van der Waals surface area contributed by atoms with E-state index in [0.29, 0.717) is 28.0 Å². The first-order chi connectivity index (χ1) is 12.1. The van der Waals surface area contributed by atoms with Crippen LogP contribution in [0.3, 0.4) is 0 Å². The second-order valence-electron chi connectivity index (χ2n) is 6.11. The van der Waals surface area contributed by atoms with Gasteiger partial charge in [0.05, 0.1) is 13.2 Å². The number of cyclic esters (lactones) is 1. The topological polar surface area (TPSA) is 137 Å². The van der Waals surface area contributed by atoms with E-state index in [2.05, 4.69) is 0 Å². The molecule has 1 aromatic rings. The highest BCUT2D eigenvalue weighted by molar-refractivity contribution is 7.52. The van der Waals surface area contributed by atoms with Gasteiger partial charge in [-0.15, -0.1) is 0 Å². The molecular weight excluding hydrogens is 361 g/mol. The number of esters is 1. The van der Waals surface area contributed by atoms with Crippen molar-refractivity contribution in [1.29, 1.82) is 5.26 Å². The first-order valence-corrected chi connectivity index (χ1v) is 9.48. The molecule has 1 aliphatic heterocycles. The number of carbonyl (C=O) groups is 1. The summed E-state index contributed by atoms with van der Waals surface area (Å²) in [5.41, 5.74) is 0.923. The molecule has 1 unspecified atom stereocenters. The zero-order valence-electron chi connectivity index (χ0n) is 14.6. The summed E-state index contributed by atoms with van der Waals surface area (Å²) in [6.45, 7) is 3.47. The molecule has 3 N–H and O–H groups in total. The lowest BCUT2D eigenvalue weighted by Crippen LogP contribution is -2.06. The second-order valence-corrected chi connectivity index (χ2v) is 7.91. The lowest BCUT2D eigenvalue weighted by molar-refractivity contribution is 0.0533. The molecule has 0 bridgehead atoms. The molecule has 1 aromatic carbocycles. The number of fused-ring (bicyclic) bond motifs is 1. The van der Waals surface area contributed by atoms with Crippen LogP contribution in [0.25, 0.3) is 0 Å². The Morgan fingerprint density at radius 2 is 2.15 bits per heavy atom. The van der Waals surface area contributed by atoms with Crippen LogP contribution >= 0.6 is 7.60 Å². The highest BCUT2D eigenvalue weighted by Crippen LogP contribution is 2.44. The van der Waals surface area contributed by atoms with Crippen LogP contribution in [-0.4, -0.2) is 33.6 Å². The van der Waals surface area contributed by atoms with Crippen LogP contribution < -0.4 is 4.74 Å². The van der Waals surface area contributed by atoms with E-state index in [9.17, 15) is 14.5 Å². The molecule has 0 fully saturated rings. The van der Waals surface area contributed by atoms with Crippen LogP contribution in [0.4, 0.5) is 0 Å². The standard InChI is InChI=1S/C17H20NO7P/c1-9(6-11(7-18)26(21,22)23)4-5-12-15(19)14-13(8-25-17(14)20)10(2)16(12)24-3/h4,11,19H,5-6,8H2,1-3H3,(H2,21,22,23). The zero-order chi connectivity index (χ0) is 19.6. The zero-order valence-corrected chi connectivity index (χ0v) is 15.5. The molecule has 1 heterocycles. The number of carbonyl (C=O) groups excluding carboxylic acids is 1. The van der Waals surface area contributed by atoms with Crippen molar-refractivity contribution in [2.45, 2.75) is 39.0 Å². The summed E-state index contributed by atoms with van der Waals surface area (Å²) in [4.78, 5) is 30.2. The van der Waals surface area contributed by atoms with Crippen molar-refractivity contribution in [3.05, 3.63) is 33.9 Å². The van der Waals surface area contributed by atoms with Gasteiger partial charge in [0.25, 0.3) is 0 Å². The minimum absolute atomic E-state index is 0.0746. The highest BCUT2D eigenvalue weighted by atomic mass is 31.2. The van der Waals surface area contributed by atoms with Gasteiger partial charge in [-0.3, -0.25) is 4.57 Å². The van der Waals surface area contributed by atoms with Crippen molar-refractivity contribution >= 4 is 13.6 Å². The molecule has 0 saturated carbocycles. The Balaban J connectivity index is 2.37. The van der Waals surface area contributed by atoms with Gasteiger partial charge in [-0.25, -0.2) is 4.79 Å². The minimum atomic E-state index is -4.51. The Bertz CT molecular complexity index is 863. The number of nitriles is 1. The van der Waals surface area contributed by atoms with Gasteiger partial charge in [0.2, 0.25) is 0 Å². The summed E-state index contributed by atoms with van der Waals surface area (Å²) >= 11 is 0. The number of nitrogens with zero attached hydrogens (tertiary/aromatic N) is 1. The van der Waals surface area contributed by atoms with Gasteiger partial charge >= 0.3 is 13.6 Å². The van der Waals surface area contributed by atoms with Gasteiger partial charge in [-0.1, -0.05) is 11.6 Å². The van der Waals surface area contributed by atoms with Gasteiger partial charge in [-0.2, -0.15) is 5.26 Å². The van der Waals surface area contributed by atoms with Gasteiger partial charge < -0.3 is 24.4 Å². The summed E-state index contributed by atoms with van der Waals surface area (Å²) < 4.78 is 21.6. The van der Waals surface area contributed by atoms with Crippen molar-refractivity contribution in [2.24, 2.45) is 0 Å². The number of aromatic hydroxyl groups is 1. The van der Waals surface area contributed by atoms with Crippen molar-refractivity contribution in [1.82, 2.24) is 0 Å². The fraction of sp³-hybridized carbons (Fsp3) is 0.412. The predicted octanol–water partition coefficient (Wildman–Crippen LogP) is 2.33. The largest absolute Gasteiger partial charge is 0.507 e. The fourth-order valence-electron chi connectivity index (χ4n) is 2.93. The van der Waals surface area contributed by atoms with Crippen molar-refractivity contribution in [3.8, 4) is 17.6 Å². The highest BCUT2D eigenvalue weighted by Gasteiger charge is 2.32. The Kier molecular flexibility index (Phi) is 5.77. The average molecular weight is 381 g/mol. The van der Waals surface area contributed by atoms with Gasteiger partial charge in [0.15, 0.2) is 5.66 Å². The lowest BCUT2D eigenvalue weighted by atomic mass is 9.94. The van der Waals surface area contributed by atoms with E-state index in [1.807, 2.05) is 0 Å². The molecule has 1 aliphatic rings. The Hall–Kier alpha value is -2.33. The van der Waals surface area contributed by atoms with E-state index in [0.717, 1.165) is 0 Å². The Morgan fingerprint density at radius 1 is 1.50 bits per heavy atom. The van der Waals surface area contributed by atoms with E-state index >= 15 is 0 Å². The van der Waals surface area contributed by atoms with Crippen LogP contribution in [0.2, 0.25) is 0 Å². The van der Waals surface area contributed by atoms with Crippen molar-refractivity contribution in [2.75, 3.05) is 7.11 Å². The number of phenolic OH excluding ortho intramolecular Hbond substituents is 1. The third-order valence-electron chi connectivity index (χ3n) is 4.37. The smallest absolute Gasteiger partial charge is 0.342 e. The molecule has 140 valence electrons. The van der Waals surface area contributed by atoms with Crippen LogP contribution in [-0.2, 0) is 22.3 Å². The summed E-state index contributed by atoms with van der Waals surface area (Å²) in [7, 11) is -3.06.